The summed E-state index contributed by atoms with van der Waals surface area (Å²) in [4.78, 5) is 27.1. The van der Waals surface area contributed by atoms with E-state index in [0.29, 0.717) is 19.4 Å². The van der Waals surface area contributed by atoms with Gasteiger partial charge in [0.25, 0.3) is 0 Å². The van der Waals surface area contributed by atoms with Crippen LogP contribution in [0.1, 0.15) is 72.4 Å². The van der Waals surface area contributed by atoms with Crippen molar-refractivity contribution in [3.8, 4) is 11.5 Å². The third kappa shape index (κ3) is 13.4. The van der Waals surface area contributed by atoms with Crippen LogP contribution in [-0.2, 0) is 37.3 Å². The van der Waals surface area contributed by atoms with Gasteiger partial charge in [-0.05, 0) is 133 Å². The fourth-order valence-electron chi connectivity index (χ4n) is 12.3. The number of anilines is 2. The zero-order valence-electron chi connectivity index (χ0n) is 45.8. The van der Waals surface area contributed by atoms with E-state index in [4.69, 9.17) is 24.2 Å². The molecule has 12 nitrogen and oxygen atoms in total. The highest BCUT2D eigenvalue weighted by atomic mass is 79.9. The van der Waals surface area contributed by atoms with Gasteiger partial charge in [-0.3, -0.25) is 34.5 Å². The van der Waals surface area contributed by atoms with Crippen LogP contribution < -0.4 is 19.3 Å². The quantitative estimate of drug-likeness (QED) is 0.0925. The minimum atomic E-state index is 0.581. The highest BCUT2D eigenvalue weighted by molar-refractivity contribution is 9.10. The second-order valence-corrected chi connectivity index (χ2v) is 23.6. The molecule has 78 heavy (non-hydrogen) atoms. The van der Waals surface area contributed by atoms with Crippen molar-refractivity contribution in [1.82, 2.24) is 34.5 Å². The third-order valence-corrected chi connectivity index (χ3v) is 17.8. The molecule has 5 aromatic carbocycles. The number of rotatable bonds is 16. The van der Waals surface area contributed by atoms with E-state index >= 15 is 0 Å². The second kappa shape index (κ2) is 26.4. The van der Waals surface area contributed by atoms with Crippen molar-refractivity contribution < 1.29 is 14.2 Å². The van der Waals surface area contributed by atoms with Gasteiger partial charge in [-0.25, -0.2) is 0 Å². The Hall–Kier alpha value is -5.16. The highest BCUT2D eigenvalue weighted by Gasteiger charge is 2.27. The summed E-state index contributed by atoms with van der Waals surface area (Å²) in [6, 6.07) is 39.6. The second-order valence-electron chi connectivity index (χ2n) is 21.7. The number of halogens is 2. The minimum absolute atomic E-state index is 0.581. The molecule has 0 N–H and O–H groups in total. The number of ether oxygens (including phenoxy) is 3. The van der Waals surface area contributed by atoms with Crippen LogP contribution in [0.25, 0.3) is 21.8 Å². The number of fused-ring (bicyclic) bond motifs is 6. The predicted molar refractivity (Wildman–Crippen MR) is 324 cm³/mol. The molecule has 12 rings (SSSR count). The molecule has 0 aliphatic carbocycles. The SMILES string of the molecule is Brc1ccc(N2CCN(Cc3cc4c(c5ncccc35)OCN(CCCN3CCOCC3)C4)CC2)cc1.CCc1ccccc1C(CC)CCN1COc2c(cc(CN3CCN(c4ccc(Br)cc4)CC3)c3cccnc23)C1. The Balaban J connectivity index is 0.000000166. The monoisotopic (exact) mass is 1180 g/mol. The third-order valence-electron chi connectivity index (χ3n) is 16.7. The molecule has 5 aliphatic heterocycles. The van der Waals surface area contributed by atoms with E-state index in [1.54, 1.807) is 0 Å². The van der Waals surface area contributed by atoms with Crippen molar-refractivity contribution in [3.63, 3.8) is 0 Å². The number of pyridine rings is 2. The lowest BCUT2D eigenvalue weighted by Crippen LogP contribution is -2.46. The van der Waals surface area contributed by atoms with Gasteiger partial charge in [0.2, 0.25) is 0 Å². The molecule has 0 amide bonds. The fraction of sp³-hybridized carbons (Fsp3) is 0.438. The molecule has 0 spiro atoms. The Morgan fingerprint density at radius 3 is 1.53 bits per heavy atom. The molecule has 0 bridgehead atoms. The Bertz CT molecular complexity index is 3070. The molecule has 410 valence electrons. The zero-order valence-corrected chi connectivity index (χ0v) is 49.0. The Labute approximate surface area is 479 Å². The number of aromatic nitrogens is 2. The van der Waals surface area contributed by atoms with Crippen LogP contribution in [-0.4, -0.2) is 146 Å². The van der Waals surface area contributed by atoms with E-state index in [1.165, 1.54) is 55.5 Å². The van der Waals surface area contributed by atoms with E-state index < -0.39 is 0 Å². The molecular weight excluding hydrogens is 1100 g/mol. The lowest BCUT2D eigenvalue weighted by Gasteiger charge is -2.36. The summed E-state index contributed by atoms with van der Waals surface area (Å²) in [5.74, 6) is 2.53. The van der Waals surface area contributed by atoms with Crippen LogP contribution in [0.3, 0.4) is 0 Å². The highest BCUT2D eigenvalue weighted by Crippen LogP contribution is 2.38. The number of hydrogen-bond acceptors (Lipinski definition) is 12. The van der Waals surface area contributed by atoms with Crippen molar-refractivity contribution in [2.45, 2.75) is 71.6 Å². The van der Waals surface area contributed by atoms with Crippen LogP contribution in [0.15, 0.2) is 131 Å². The van der Waals surface area contributed by atoms with Crippen molar-refractivity contribution >= 4 is 65.0 Å². The number of morpholine rings is 1. The standard InChI is InChI=1S/C35H41BrN4O.C29H36BrN5O2/c1-3-26-8-5-6-9-32(26)27(4-2)15-17-39-24-29-22-28(33-10-7-16-37-34(33)35(29)41-25-39)23-38-18-20-40(21-19-38)31-13-11-30(36)12-14-31;30-25-4-6-26(7-5-25)35-13-11-33(12-14-35)20-23-19-24-21-34(10-2-9-32-15-17-36-18-16-32)22-37-29(24)28-27(23)3-1-8-31-28/h5-14,16,22,27H,3-4,15,17-21,23-25H2,1-2H3;1,3-8,19H,2,9-18,20-22H2. The van der Waals surface area contributed by atoms with Gasteiger partial charge in [0.1, 0.15) is 24.5 Å². The van der Waals surface area contributed by atoms with Crippen LogP contribution >= 0.6 is 31.9 Å². The maximum absolute atomic E-state index is 6.42. The van der Waals surface area contributed by atoms with Crippen LogP contribution in [0.2, 0.25) is 0 Å². The first-order chi connectivity index (χ1) is 38.3. The summed E-state index contributed by atoms with van der Waals surface area (Å²) in [6.45, 7) is 25.0. The van der Waals surface area contributed by atoms with Crippen LogP contribution in [0.4, 0.5) is 11.4 Å². The molecule has 3 saturated heterocycles. The van der Waals surface area contributed by atoms with E-state index in [9.17, 15) is 0 Å². The lowest BCUT2D eigenvalue weighted by atomic mass is 9.88. The first-order valence-electron chi connectivity index (χ1n) is 28.7. The molecule has 1 atom stereocenters. The number of aryl methyl sites for hydroxylation is 1. The zero-order chi connectivity index (χ0) is 53.2. The minimum Gasteiger partial charge on any atom is -0.475 e. The molecule has 7 aromatic rings. The summed E-state index contributed by atoms with van der Waals surface area (Å²) in [6.07, 6.45) is 8.34. The van der Waals surface area contributed by atoms with Gasteiger partial charge in [0, 0.05) is 159 Å². The van der Waals surface area contributed by atoms with E-state index in [2.05, 4.69) is 183 Å². The molecule has 0 radical (unpaired) electrons. The maximum Gasteiger partial charge on any atom is 0.152 e. The predicted octanol–water partition coefficient (Wildman–Crippen LogP) is 11.8. The molecule has 0 saturated carbocycles. The van der Waals surface area contributed by atoms with Gasteiger partial charge in [0.15, 0.2) is 11.5 Å². The van der Waals surface area contributed by atoms with Gasteiger partial charge in [-0.15, -0.1) is 0 Å². The topological polar surface area (TPSA) is 76.2 Å². The Morgan fingerprint density at radius 1 is 0.513 bits per heavy atom. The van der Waals surface area contributed by atoms with Crippen LogP contribution in [0.5, 0.6) is 11.5 Å². The number of benzene rings is 5. The maximum atomic E-state index is 6.42. The van der Waals surface area contributed by atoms with Gasteiger partial charge in [0.05, 0.1) is 13.2 Å². The van der Waals surface area contributed by atoms with Crippen molar-refractivity contribution in [1.29, 1.82) is 0 Å². The van der Waals surface area contributed by atoms with Crippen molar-refractivity contribution in [3.05, 3.63) is 164 Å². The average Bonchev–Trinajstić information content (AvgIpc) is 3.54. The van der Waals surface area contributed by atoms with Gasteiger partial charge in [-0.2, -0.15) is 0 Å². The molecular formula is C64H77Br2N9O3. The van der Waals surface area contributed by atoms with Gasteiger partial charge >= 0.3 is 0 Å². The molecule has 1 unspecified atom stereocenters. The molecule has 2 aromatic heterocycles. The Kier molecular flexibility index (Phi) is 18.5. The summed E-state index contributed by atoms with van der Waals surface area (Å²) < 4.78 is 20.5. The summed E-state index contributed by atoms with van der Waals surface area (Å²) >= 11 is 7.10. The van der Waals surface area contributed by atoms with Crippen molar-refractivity contribution in [2.24, 2.45) is 0 Å². The Morgan fingerprint density at radius 2 is 1.01 bits per heavy atom. The number of hydrogen-bond donors (Lipinski definition) is 0. The van der Waals surface area contributed by atoms with Crippen molar-refractivity contribution in [2.75, 3.05) is 122 Å². The number of nitrogens with zero attached hydrogens (tertiary/aromatic N) is 9. The first kappa shape index (κ1) is 54.8. The molecule has 14 heteroatoms. The van der Waals surface area contributed by atoms with E-state index in [0.717, 1.165) is 182 Å². The largest absolute Gasteiger partial charge is 0.475 e. The number of piperazine rings is 2. The summed E-state index contributed by atoms with van der Waals surface area (Å²) in [5, 5.41) is 2.44. The molecule has 5 aliphatic rings. The normalized spacial score (nSPS) is 18.2. The average molecular weight is 1180 g/mol. The van der Waals surface area contributed by atoms with Gasteiger partial charge < -0.3 is 24.0 Å². The fourth-order valence-corrected chi connectivity index (χ4v) is 12.9. The summed E-state index contributed by atoms with van der Waals surface area (Å²) in [5.41, 5.74) is 12.9. The van der Waals surface area contributed by atoms with Crippen LogP contribution in [0, 0.1) is 0 Å². The first-order valence-corrected chi connectivity index (χ1v) is 30.3. The molecule has 3 fully saturated rings. The summed E-state index contributed by atoms with van der Waals surface area (Å²) in [7, 11) is 0. The van der Waals surface area contributed by atoms with E-state index in [-0.39, 0.29) is 0 Å². The molecule has 7 heterocycles. The van der Waals surface area contributed by atoms with Gasteiger partial charge in [-0.1, -0.05) is 82.1 Å². The lowest BCUT2D eigenvalue weighted by molar-refractivity contribution is 0.0331. The van der Waals surface area contributed by atoms with E-state index in [1.807, 2.05) is 18.5 Å². The smallest absolute Gasteiger partial charge is 0.152 e.